The van der Waals surface area contributed by atoms with Crippen LogP contribution < -0.4 is 4.90 Å². The number of hydrogen-bond acceptors (Lipinski definition) is 27. The Morgan fingerprint density at radius 2 is 0.835 bits per heavy atom. The molecule has 0 aliphatic carbocycles. The number of aromatic nitrogens is 3. The lowest BCUT2D eigenvalue weighted by Gasteiger charge is -2.23. The monoisotopic (exact) mass is 1280 g/mol. The van der Waals surface area contributed by atoms with Gasteiger partial charge in [0, 0.05) is 25.9 Å². The Labute approximate surface area is 490 Å². The van der Waals surface area contributed by atoms with Crippen LogP contribution in [0.4, 0.5) is 51.4 Å². The summed E-state index contributed by atoms with van der Waals surface area (Å²) in [5.74, 6) is 0.828. The fourth-order valence-electron chi connectivity index (χ4n) is 7.09. The number of rotatable bonds is 21. The summed E-state index contributed by atoms with van der Waals surface area (Å²) in [7, 11) is -22.5. The molecular weight excluding hydrogens is 1240 g/mol. The van der Waals surface area contributed by atoms with Crippen molar-refractivity contribution in [3.05, 3.63) is 167 Å². The van der Waals surface area contributed by atoms with Crippen LogP contribution in [0.3, 0.4) is 0 Å². The molecule has 0 radical (unpaired) electrons. The third-order valence-electron chi connectivity index (χ3n) is 10.6. The zero-order valence-corrected chi connectivity index (χ0v) is 49.3. The van der Waals surface area contributed by atoms with Crippen LogP contribution in [0.5, 0.6) is 0 Å². The predicted octanol–water partition coefficient (Wildman–Crippen LogP) is 9.31. The molecule has 0 saturated carbocycles. The molecular formula is C49H48N12O18S6. The van der Waals surface area contributed by atoms with Crippen LogP contribution in [0.1, 0.15) is 53.7 Å². The van der Waals surface area contributed by atoms with Crippen LogP contribution in [0.2, 0.25) is 0 Å². The number of anilines is 1. The largest absolute Gasteiger partial charge is 0.425 e. The minimum Gasteiger partial charge on any atom is -0.341 e. The average Bonchev–Trinajstić information content (AvgIpc) is 3.62. The molecule has 1 aromatic heterocycles. The maximum Gasteiger partial charge on any atom is 0.425 e. The van der Waals surface area contributed by atoms with E-state index in [1.54, 1.807) is 54.6 Å². The molecule has 85 heavy (non-hydrogen) atoms. The van der Waals surface area contributed by atoms with Gasteiger partial charge in [-0.3, -0.25) is 13.7 Å². The molecule has 0 aliphatic rings. The molecule has 0 spiro atoms. The molecule has 448 valence electrons. The van der Waals surface area contributed by atoms with Crippen LogP contribution >= 0.6 is 0 Å². The van der Waals surface area contributed by atoms with Gasteiger partial charge in [-0.15, -0.1) is 43.0 Å². The Balaban J connectivity index is 0.00000118. The highest BCUT2D eigenvalue weighted by molar-refractivity contribution is 7.86. The molecule has 6 aromatic carbocycles. The van der Waals surface area contributed by atoms with Gasteiger partial charge in [-0.05, 0) is 140 Å². The molecule has 0 saturated heterocycles. The van der Waals surface area contributed by atoms with E-state index < -0.39 is 72.8 Å². The number of benzene rings is 6. The minimum absolute atomic E-state index is 0.101. The first-order chi connectivity index (χ1) is 40.0. The minimum atomic E-state index is -4.71. The van der Waals surface area contributed by atoms with Crippen molar-refractivity contribution in [1.29, 1.82) is 0 Å². The maximum absolute atomic E-state index is 12.4. The van der Waals surface area contributed by atoms with Crippen LogP contribution in [0, 0.1) is 13.8 Å². The van der Waals surface area contributed by atoms with Crippen molar-refractivity contribution in [3.8, 4) is 0 Å². The van der Waals surface area contributed by atoms with E-state index in [0.29, 0.717) is 76.7 Å². The number of hydrogen-bond donors (Lipinski definition) is 3. The van der Waals surface area contributed by atoms with Crippen LogP contribution in [-0.4, -0.2) is 111 Å². The summed E-state index contributed by atoms with van der Waals surface area (Å²) < 4.78 is 175. The Kier molecular flexibility index (Phi) is 26.5. The first-order valence-electron chi connectivity index (χ1n) is 23.9. The second-order valence-corrected chi connectivity index (χ2v) is 22.7. The van der Waals surface area contributed by atoms with Gasteiger partial charge in [0.2, 0.25) is 5.95 Å². The number of nitrogens with zero attached hydrogens (tertiary/aromatic N) is 12. The topological polar surface area (TPSA) is 458 Å². The van der Waals surface area contributed by atoms with E-state index in [-0.39, 0.29) is 35.7 Å². The summed E-state index contributed by atoms with van der Waals surface area (Å²) in [6.45, 7) is 6.47. The SMILES string of the molecule is CCCN(CCCS(=O)(=O)O)c1nc(Cc2ccc(N=Nc3ccc(N=Nc4ccc(S(=O)(=O)O)cc4)cc3)c(C)c2)nc(Cc2ccc(N=Nc3ccc(N=Nc4ccccc4)cc3S(=O)(=O)O)c(C)c2)n1.O=S(=O)=O.O=S(=O)=O.O=S(=O)=O. The van der Waals surface area contributed by atoms with Gasteiger partial charge >= 0.3 is 31.8 Å². The van der Waals surface area contributed by atoms with E-state index in [4.69, 9.17) is 52.8 Å². The third kappa shape index (κ3) is 26.1. The first kappa shape index (κ1) is 68.6. The summed E-state index contributed by atoms with van der Waals surface area (Å²) in [6, 6.07) is 36.2. The Morgan fingerprint density at radius 1 is 0.447 bits per heavy atom. The lowest BCUT2D eigenvalue weighted by molar-refractivity contribution is 0.479. The van der Waals surface area contributed by atoms with Gasteiger partial charge in [0.1, 0.15) is 22.2 Å². The molecule has 0 unspecified atom stereocenters. The van der Waals surface area contributed by atoms with Crippen molar-refractivity contribution in [1.82, 2.24) is 15.0 Å². The molecule has 1 heterocycles. The average molecular weight is 1290 g/mol. The maximum atomic E-state index is 12.4. The highest BCUT2D eigenvalue weighted by Crippen LogP contribution is 2.33. The highest BCUT2D eigenvalue weighted by atomic mass is 32.2. The van der Waals surface area contributed by atoms with Crippen molar-refractivity contribution in [2.24, 2.45) is 40.9 Å². The Morgan fingerprint density at radius 3 is 1.26 bits per heavy atom. The smallest absolute Gasteiger partial charge is 0.341 e. The van der Waals surface area contributed by atoms with Crippen molar-refractivity contribution in [3.63, 3.8) is 0 Å². The van der Waals surface area contributed by atoms with Crippen molar-refractivity contribution in [2.45, 2.75) is 56.2 Å². The van der Waals surface area contributed by atoms with E-state index in [0.717, 1.165) is 22.8 Å². The van der Waals surface area contributed by atoms with Crippen LogP contribution in [0.15, 0.2) is 184 Å². The Bertz CT molecular complexity index is 4240. The van der Waals surface area contributed by atoms with Gasteiger partial charge in [0.25, 0.3) is 30.4 Å². The van der Waals surface area contributed by atoms with Gasteiger partial charge in [0.05, 0.1) is 50.5 Å². The van der Waals surface area contributed by atoms with E-state index in [1.165, 1.54) is 36.4 Å². The standard InChI is InChI=1S/C49H48N12O9S3.3O3S/c1-4-25-61(26-8-27-71(62,63)64)49-51-47(30-35-11-22-43(33(2)28-35)58-56-39-15-13-38(14-16-39)54-55-40-17-20-42(21-18-40)72(65,66)67)50-48(52-49)31-36-12-23-44(34(3)29-36)59-60-45-24-19-41(32-46(45)73(68,69)70)57-53-37-9-6-5-7-10-37;3*1-4(2)3/h5-7,9-24,28-29,32H,4,8,25-27,30-31H2,1-3H3,(H,62,63,64)(H,65,66,67)(H,68,69,70);;;. The lowest BCUT2D eigenvalue weighted by Crippen LogP contribution is -2.29. The quantitative estimate of drug-likeness (QED) is 0.0445. The molecule has 0 fully saturated rings. The molecule has 7 rings (SSSR count). The summed E-state index contributed by atoms with van der Waals surface area (Å²) in [4.78, 5) is 15.6. The van der Waals surface area contributed by atoms with Crippen molar-refractivity contribution < 1.29 is 76.8 Å². The second kappa shape index (κ2) is 32.8. The summed E-state index contributed by atoms with van der Waals surface area (Å²) >= 11 is 0. The van der Waals surface area contributed by atoms with E-state index in [9.17, 15) is 38.9 Å². The van der Waals surface area contributed by atoms with Crippen molar-refractivity contribution in [2.75, 3.05) is 23.7 Å². The lowest BCUT2D eigenvalue weighted by atomic mass is 10.1. The van der Waals surface area contributed by atoms with E-state index >= 15 is 0 Å². The molecule has 0 atom stereocenters. The molecule has 7 aromatic rings. The predicted molar refractivity (Wildman–Crippen MR) is 303 cm³/mol. The van der Waals surface area contributed by atoms with Crippen LogP contribution in [-0.2, 0) is 75.0 Å². The number of aryl methyl sites for hydroxylation is 2. The highest BCUT2D eigenvalue weighted by Gasteiger charge is 2.19. The number of azo groups is 4. The van der Waals surface area contributed by atoms with Gasteiger partial charge in [-0.25, -0.2) is 4.98 Å². The zero-order chi connectivity index (χ0) is 62.9. The molecule has 0 bridgehead atoms. The van der Waals surface area contributed by atoms with Gasteiger partial charge in [0.15, 0.2) is 0 Å². The van der Waals surface area contributed by atoms with Gasteiger partial charge in [-0.2, -0.15) is 71.0 Å². The summed E-state index contributed by atoms with van der Waals surface area (Å²) in [5, 5.41) is 33.7. The fourth-order valence-corrected chi connectivity index (χ4v) is 8.71. The molecule has 0 aliphatic heterocycles. The molecule has 3 N–H and O–H groups in total. The van der Waals surface area contributed by atoms with E-state index in [1.807, 2.05) is 62.1 Å². The van der Waals surface area contributed by atoms with Gasteiger partial charge < -0.3 is 4.90 Å². The summed E-state index contributed by atoms with van der Waals surface area (Å²) in [5.41, 5.74) is 6.41. The zero-order valence-electron chi connectivity index (χ0n) is 44.4. The molecule has 36 heteroatoms. The second-order valence-electron chi connectivity index (χ2n) is 17.1. The first-order valence-corrected chi connectivity index (χ1v) is 31.4. The molecule has 30 nitrogen and oxygen atoms in total. The molecule has 0 amide bonds. The van der Waals surface area contributed by atoms with Gasteiger partial charge in [-0.1, -0.05) is 49.4 Å². The normalized spacial score (nSPS) is 11.6. The third-order valence-corrected chi connectivity index (χ3v) is 13.2. The van der Waals surface area contributed by atoms with E-state index in [2.05, 4.69) is 40.9 Å². The fraction of sp³-hybridized carbons (Fsp3) is 0.204. The van der Waals surface area contributed by atoms with Crippen LogP contribution in [0.25, 0.3) is 0 Å². The summed E-state index contributed by atoms with van der Waals surface area (Å²) in [6.07, 6.45) is 1.43. The Hall–Kier alpha value is -8.88. The van der Waals surface area contributed by atoms with Crippen molar-refractivity contribution >= 4 is 114 Å².